The van der Waals surface area contributed by atoms with Gasteiger partial charge in [0, 0.05) is 12.3 Å². The van der Waals surface area contributed by atoms with Crippen LogP contribution in [0.25, 0.3) is 0 Å². The summed E-state index contributed by atoms with van der Waals surface area (Å²) in [6.45, 7) is 7.45. The Hall–Kier alpha value is -1.29. The van der Waals surface area contributed by atoms with Gasteiger partial charge in [-0.05, 0) is 44.4 Å². The van der Waals surface area contributed by atoms with Crippen LogP contribution >= 0.6 is 0 Å². The summed E-state index contributed by atoms with van der Waals surface area (Å²) in [4.78, 5) is 11.8. The lowest BCUT2D eigenvalue weighted by Crippen LogP contribution is -2.45. The highest BCUT2D eigenvalue weighted by molar-refractivity contribution is 5.79. The van der Waals surface area contributed by atoms with Crippen molar-refractivity contribution in [1.29, 1.82) is 0 Å². The number of methoxy groups -OCH3 is 1. The molecule has 19 heavy (non-hydrogen) atoms. The Morgan fingerprint density at radius 1 is 1.53 bits per heavy atom. The lowest BCUT2D eigenvalue weighted by atomic mass is 9.74. The Labute approximate surface area is 114 Å². The van der Waals surface area contributed by atoms with Crippen LogP contribution in [0, 0.1) is 5.92 Å². The first-order chi connectivity index (χ1) is 8.71. The molecule has 106 valence electrons. The smallest absolute Gasteiger partial charge is 0.349 e. The maximum absolute atomic E-state index is 11.8. The minimum absolute atomic E-state index is 0.00611. The predicted octanol–water partition coefficient (Wildman–Crippen LogP) is 2.33. The maximum Gasteiger partial charge on any atom is 0.349 e. The van der Waals surface area contributed by atoms with Crippen molar-refractivity contribution in [3.63, 3.8) is 0 Å². The molecule has 2 aliphatic rings. The molecule has 0 aromatic carbocycles. The van der Waals surface area contributed by atoms with Crippen molar-refractivity contribution in [2.45, 2.75) is 51.7 Å². The van der Waals surface area contributed by atoms with E-state index in [0.29, 0.717) is 6.42 Å². The summed E-state index contributed by atoms with van der Waals surface area (Å²) in [6, 6.07) is 0. The molecular formula is C15H22O4. The maximum atomic E-state index is 11.8. The van der Waals surface area contributed by atoms with Crippen molar-refractivity contribution in [1.82, 2.24) is 0 Å². The number of ether oxygens (including phenoxy) is 2. The van der Waals surface area contributed by atoms with Crippen LogP contribution in [0.15, 0.2) is 23.0 Å². The molecule has 0 amide bonds. The van der Waals surface area contributed by atoms with E-state index < -0.39 is 11.2 Å². The van der Waals surface area contributed by atoms with Gasteiger partial charge >= 0.3 is 5.97 Å². The molecule has 1 aliphatic carbocycles. The van der Waals surface area contributed by atoms with Crippen molar-refractivity contribution in [2.24, 2.45) is 5.92 Å². The first-order valence-corrected chi connectivity index (χ1v) is 6.64. The van der Waals surface area contributed by atoms with Crippen molar-refractivity contribution >= 4 is 5.97 Å². The zero-order chi connectivity index (χ0) is 14.4. The number of carbonyl (C=O) groups is 1. The van der Waals surface area contributed by atoms with Crippen LogP contribution in [-0.2, 0) is 14.3 Å². The SMILES string of the molecule is COC(=O)[C@]1(C)CCC2=C(O1)C(C)=CC(C)(O)C2C. The van der Waals surface area contributed by atoms with Crippen molar-refractivity contribution in [2.75, 3.05) is 7.11 Å². The second kappa shape index (κ2) is 4.37. The number of esters is 1. The molecule has 0 bridgehead atoms. The van der Waals surface area contributed by atoms with E-state index >= 15 is 0 Å². The Morgan fingerprint density at radius 3 is 2.74 bits per heavy atom. The van der Waals surface area contributed by atoms with E-state index in [1.165, 1.54) is 7.11 Å². The van der Waals surface area contributed by atoms with Crippen LogP contribution in [0.3, 0.4) is 0 Å². The minimum atomic E-state index is -0.925. The van der Waals surface area contributed by atoms with Gasteiger partial charge in [-0.3, -0.25) is 0 Å². The molecule has 1 N–H and O–H groups in total. The molecule has 2 unspecified atom stereocenters. The Kier molecular flexibility index (Phi) is 3.25. The Balaban J connectivity index is 2.38. The van der Waals surface area contributed by atoms with E-state index in [4.69, 9.17) is 9.47 Å². The summed E-state index contributed by atoms with van der Waals surface area (Å²) in [5.41, 5.74) is 0.191. The summed E-state index contributed by atoms with van der Waals surface area (Å²) in [7, 11) is 1.37. The lowest BCUT2D eigenvalue weighted by molar-refractivity contribution is -0.164. The van der Waals surface area contributed by atoms with Crippen LogP contribution in [0.5, 0.6) is 0 Å². The standard InChI is InChI=1S/C15H22O4/c1-9-8-14(3,17)10(2)11-6-7-15(4,13(16)18-5)19-12(9)11/h8,10,17H,6-7H2,1-5H3/t10?,14?,15-/m0/s1. The fourth-order valence-corrected chi connectivity index (χ4v) is 2.92. The summed E-state index contributed by atoms with van der Waals surface area (Å²) in [5.74, 6) is 0.392. The summed E-state index contributed by atoms with van der Waals surface area (Å²) < 4.78 is 10.8. The molecule has 4 nitrogen and oxygen atoms in total. The zero-order valence-corrected chi connectivity index (χ0v) is 12.2. The number of hydrogen-bond donors (Lipinski definition) is 1. The molecule has 0 saturated carbocycles. The molecule has 0 spiro atoms. The minimum Gasteiger partial charge on any atom is -0.476 e. The molecule has 0 aromatic rings. The first-order valence-electron chi connectivity index (χ1n) is 6.64. The molecule has 4 heteroatoms. The van der Waals surface area contributed by atoms with Crippen LogP contribution in [0.1, 0.15) is 40.5 Å². The molecule has 0 radical (unpaired) electrons. The van der Waals surface area contributed by atoms with Crippen LogP contribution < -0.4 is 0 Å². The Morgan fingerprint density at radius 2 is 2.16 bits per heavy atom. The van der Waals surface area contributed by atoms with Crippen molar-refractivity contribution in [3.05, 3.63) is 23.0 Å². The number of carbonyl (C=O) groups excluding carboxylic acids is 1. The van der Waals surface area contributed by atoms with Gasteiger partial charge in [-0.1, -0.05) is 6.92 Å². The number of rotatable bonds is 1. The lowest BCUT2D eigenvalue weighted by Gasteiger charge is -2.42. The number of allylic oxidation sites excluding steroid dienone is 1. The highest BCUT2D eigenvalue weighted by Crippen LogP contribution is 2.45. The van der Waals surface area contributed by atoms with Gasteiger partial charge in [0.1, 0.15) is 5.76 Å². The fourth-order valence-electron chi connectivity index (χ4n) is 2.92. The zero-order valence-electron chi connectivity index (χ0n) is 12.2. The third-order valence-corrected chi connectivity index (χ3v) is 4.37. The summed E-state index contributed by atoms with van der Waals surface area (Å²) >= 11 is 0. The van der Waals surface area contributed by atoms with Gasteiger partial charge in [-0.2, -0.15) is 0 Å². The Bertz CT molecular complexity index is 473. The van der Waals surface area contributed by atoms with Crippen molar-refractivity contribution in [3.8, 4) is 0 Å². The molecule has 0 saturated heterocycles. The number of aliphatic hydroxyl groups is 1. The average Bonchev–Trinajstić information content (AvgIpc) is 2.35. The van der Waals surface area contributed by atoms with Gasteiger partial charge in [-0.15, -0.1) is 0 Å². The average molecular weight is 266 g/mol. The van der Waals surface area contributed by atoms with E-state index in [2.05, 4.69) is 0 Å². The summed E-state index contributed by atoms with van der Waals surface area (Å²) in [6.07, 6.45) is 3.12. The molecule has 1 aliphatic heterocycles. The van der Waals surface area contributed by atoms with E-state index in [1.807, 2.05) is 13.8 Å². The highest BCUT2D eigenvalue weighted by atomic mass is 16.6. The van der Waals surface area contributed by atoms with E-state index in [9.17, 15) is 9.90 Å². The highest BCUT2D eigenvalue weighted by Gasteiger charge is 2.45. The fraction of sp³-hybridized carbons (Fsp3) is 0.667. The van der Waals surface area contributed by atoms with Gasteiger partial charge in [0.2, 0.25) is 5.60 Å². The molecule has 1 heterocycles. The molecule has 0 aromatic heterocycles. The molecular weight excluding hydrogens is 244 g/mol. The molecule has 3 atom stereocenters. The quantitative estimate of drug-likeness (QED) is 0.740. The van der Waals surface area contributed by atoms with Gasteiger partial charge in [-0.25, -0.2) is 4.79 Å². The van der Waals surface area contributed by atoms with Gasteiger partial charge in [0.05, 0.1) is 12.7 Å². The van der Waals surface area contributed by atoms with Crippen LogP contribution in [-0.4, -0.2) is 29.4 Å². The van der Waals surface area contributed by atoms with Gasteiger partial charge in [0.25, 0.3) is 0 Å². The topological polar surface area (TPSA) is 55.8 Å². The van der Waals surface area contributed by atoms with E-state index in [0.717, 1.165) is 23.3 Å². The van der Waals surface area contributed by atoms with Gasteiger partial charge in [0.15, 0.2) is 0 Å². The normalized spacial score (nSPS) is 38.2. The van der Waals surface area contributed by atoms with E-state index in [-0.39, 0.29) is 11.9 Å². The molecule has 0 fully saturated rings. The van der Waals surface area contributed by atoms with E-state index in [1.54, 1.807) is 19.9 Å². The monoisotopic (exact) mass is 266 g/mol. The second-order valence-corrected chi connectivity index (χ2v) is 5.95. The number of hydrogen-bond acceptors (Lipinski definition) is 4. The van der Waals surface area contributed by atoms with Crippen molar-refractivity contribution < 1.29 is 19.4 Å². The third-order valence-electron chi connectivity index (χ3n) is 4.37. The van der Waals surface area contributed by atoms with Gasteiger partial charge < -0.3 is 14.6 Å². The first kappa shape index (κ1) is 14.1. The van der Waals surface area contributed by atoms with Crippen LogP contribution in [0.2, 0.25) is 0 Å². The molecule has 2 rings (SSSR count). The third kappa shape index (κ3) is 2.18. The predicted molar refractivity (Wildman–Crippen MR) is 71.3 cm³/mol. The van der Waals surface area contributed by atoms with Crippen LogP contribution in [0.4, 0.5) is 0 Å². The largest absolute Gasteiger partial charge is 0.476 e. The summed E-state index contributed by atoms with van der Waals surface area (Å²) in [5, 5.41) is 10.4. The second-order valence-electron chi connectivity index (χ2n) is 5.95.